The Balaban J connectivity index is 1.68. The standard InChI is InChI=1S/C15H22N6OS/c1-8-12(9(2)21(5)19-8)16-14(22)10(3)23-15-18-17-13(20(15)4)11-6-7-11/h10-11H,6-7H2,1-5H3,(H,16,22)/t10-/m0/s1. The summed E-state index contributed by atoms with van der Waals surface area (Å²) in [5.74, 6) is 1.52. The summed E-state index contributed by atoms with van der Waals surface area (Å²) in [5.41, 5.74) is 2.56. The number of amides is 1. The Labute approximate surface area is 139 Å². The van der Waals surface area contributed by atoms with Gasteiger partial charge < -0.3 is 9.88 Å². The molecule has 0 aliphatic heterocycles. The predicted molar refractivity (Wildman–Crippen MR) is 89.6 cm³/mol. The van der Waals surface area contributed by atoms with Crippen LogP contribution in [0.25, 0.3) is 0 Å². The molecule has 1 N–H and O–H groups in total. The monoisotopic (exact) mass is 334 g/mol. The molecule has 3 rings (SSSR count). The number of nitrogens with zero attached hydrogens (tertiary/aromatic N) is 5. The number of hydrogen-bond donors (Lipinski definition) is 1. The first-order valence-corrected chi connectivity index (χ1v) is 8.63. The van der Waals surface area contributed by atoms with Crippen molar-refractivity contribution >= 4 is 23.4 Å². The molecule has 1 atom stereocenters. The second kappa shape index (κ2) is 5.99. The molecular formula is C15H22N6OS. The maximum absolute atomic E-state index is 12.5. The average molecular weight is 334 g/mol. The van der Waals surface area contributed by atoms with Gasteiger partial charge in [-0.3, -0.25) is 9.48 Å². The minimum Gasteiger partial charge on any atom is -0.322 e. The third-order valence-corrected chi connectivity index (χ3v) is 5.35. The van der Waals surface area contributed by atoms with Crippen LogP contribution in [0.2, 0.25) is 0 Å². The van der Waals surface area contributed by atoms with E-state index in [1.165, 1.54) is 24.6 Å². The zero-order valence-corrected chi connectivity index (χ0v) is 14.9. The van der Waals surface area contributed by atoms with Crippen molar-refractivity contribution < 1.29 is 4.79 Å². The molecule has 23 heavy (non-hydrogen) atoms. The molecule has 0 unspecified atom stereocenters. The Morgan fingerprint density at radius 2 is 2.00 bits per heavy atom. The molecule has 2 heterocycles. The number of thioether (sulfide) groups is 1. The van der Waals surface area contributed by atoms with Crippen LogP contribution in [0.5, 0.6) is 0 Å². The summed E-state index contributed by atoms with van der Waals surface area (Å²) in [6, 6.07) is 0. The van der Waals surface area contributed by atoms with Gasteiger partial charge in [0.1, 0.15) is 5.82 Å². The lowest BCUT2D eigenvalue weighted by molar-refractivity contribution is -0.115. The van der Waals surface area contributed by atoms with Gasteiger partial charge in [-0.05, 0) is 33.6 Å². The summed E-state index contributed by atoms with van der Waals surface area (Å²) in [6.45, 7) is 5.72. The van der Waals surface area contributed by atoms with E-state index in [-0.39, 0.29) is 11.2 Å². The summed E-state index contributed by atoms with van der Waals surface area (Å²) in [6.07, 6.45) is 2.37. The van der Waals surface area contributed by atoms with Gasteiger partial charge in [0.25, 0.3) is 0 Å². The lowest BCUT2D eigenvalue weighted by atomic mass is 10.3. The Kier molecular flexibility index (Phi) is 4.18. The first-order valence-electron chi connectivity index (χ1n) is 7.75. The van der Waals surface area contributed by atoms with Crippen LogP contribution in [-0.4, -0.2) is 35.7 Å². The lowest BCUT2D eigenvalue weighted by Crippen LogP contribution is -2.23. The molecule has 2 aromatic rings. The first-order chi connectivity index (χ1) is 10.9. The Morgan fingerprint density at radius 1 is 1.30 bits per heavy atom. The number of hydrogen-bond acceptors (Lipinski definition) is 5. The molecule has 1 fully saturated rings. The molecule has 0 saturated heterocycles. The van der Waals surface area contributed by atoms with E-state index in [0.29, 0.717) is 5.92 Å². The van der Waals surface area contributed by atoms with Gasteiger partial charge in [0, 0.05) is 20.0 Å². The second-order valence-electron chi connectivity index (χ2n) is 6.09. The number of carbonyl (C=O) groups is 1. The maximum Gasteiger partial charge on any atom is 0.237 e. The fourth-order valence-corrected chi connectivity index (χ4v) is 3.34. The highest BCUT2D eigenvalue weighted by Gasteiger charge is 2.30. The van der Waals surface area contributed by atoms with Gasteiger partial charge in [0.05, 0.1) is 22.3 Å². The van der Waals surface area contributed by atoms with Gasteiger partial charge >= 0.3 is 0 Å². The molecule has 0 bridgehead atoms. The van der Waals surface area contributed by atoms with Gasteiger partial charge in [-0.15, -0.1) is 10.2 Å². The smallest absolute Gasteiger partial charge is 0.237 e. The number of anilines is 1. The molecule has 2 aromatic heterocycles. The van der Waals surface area contributed by atoms with Crippen LogP contribution >= 0.6 is 11.8 Å². The van der Waals surface area contributed by atoms with Crippen molar-refractivity contribution in [1.82, 2.24) is 24.5 Å². The van der Waals surface area contributed by atoms with Crippen molar-refractivity contribution in [2.45, 2.75) is 49.9 Å². The van der Waals surface area contributed by atoms with Crippen LogP contribution < -0.4 is 5.32 Å². The highest BCUT2D eigenvalue weighted by Crippen LogP contribution is 2.39. The van der Waals surface area contributed by atoms with Crippen LogP contribution in [0, 0.1) is 13.8 Å². The van der Waals surface area contributed by atoms with E-state index in [1.807, 2.05) is 39.4 Å². The van der Waals surface area contributed by atoms with Crippen molar-refractivity contribution in [1.29, 1.82) is 0 Å². The van der Waals surface area contributed by atoms with E-state index in [0.717, 1.165) is 28.1 Å². The normalized spacial score (nSPS) is 15.7. The molecule has 0 aromatic carbocycles. The summed E-state index contributed by atoms with van der Waals surface area (Å²) < 4.78 is 3.78. The fraction of sp³-hybridized carbons (Fsp3) is 0.600. The average Bonchev–Trinajstić information content (AvgIpc) is 3.24. The molecule has 0 radical (unpaired) electrons. The number of aromatic nitrogens is 5. The quantitative estimate of drug-likeness (QED) is 0.848. The van der Waals surface area contributed by atoms with E-state index in [4.69, 9.17) is 0 Å². The second-order valence-corrected chi connectivity index (χ2v) is 7.40. The van der Waals surface area contributed by atoms with Gasteiger partial charge in [0.15, 0.2) is 5.16 Å². The van der Waals surface area contributed by atoms with E-state index in [1.54, 1.807) is 4.68 Å². The minimum atomic E-state index is -0.260. The van der Waals surface area contributed by atoms with Gasteiger partial charge in [-0.2, -0.15) is 5.10 Å². The summed E-state index contributed by atoms with van der Waals surface area (Å²) in [7, 11) is 3.84. The van der Waals surface area contributed by atoms with Gasteiger partial charge in [-0.1, -0.05) is 11.8 Å². The largest absolute Gasteiger partial charge is 0.322 e. The van der Waals surface area contributed by atoms with Crippen LogP contribution in [0.3, 0.4) is 0 Å². The van der Waals surface area contributed by atoms with E-state index in [9.17, 15) is 4.79 Å². The van der Waals surface area contributed by atoms with Crippen LogP contribution in [0.4, 0.5) is 5.69 Å². The van der Waals surface area contributed by atoms with Crippen molar-refractivity contribution in [3.8, 4) is 0 Å². The molecule has 0 spiro atoms. The SMILES string of the molecule is Cc1nn(C)c(C)c1NC(=O)[C@H](C)Sc1nnc(C2CC2)n1C. The number of nitrogens with one attached hydrogen (secondary N) is 1. The number of aryl methyl sites for hydroxylation is 2. The molecular weight excluding hydrogens is 312 g/mol. The van der Waals surface area contributed by atoms with Crippen LogP contribution in [0.1, 0.15) is 42.9 Å². The van der Waals surface area contributed by atoms with E-state index < -0.39 is 0 Å². The molecule has 7 nitrogen and oxygen atoms in total. The van der Waals surface area contributed by atoms with Crippen molar-refractivity contribution in [3.05, 3.63) is 17.2 Å². The maximum atomic E-state index is 12.5. The topological polar surface area (TPSA) is 77.6 Å². The molecule has 8 heteroatoms. The number of carbonyl (C=O) groups excluding carboxylic acids is 1. The Hall–Kier alpha value is -1.83. The summed E-state index contributed by atoms with van der Waals surface area (Å²) >= 11 is 1.43. The summed E-state index contributed by atoms with van der Waals surface area (Å²) in [5, 5.41) is 16.3. The third kappa shape index (κ3) is 3.12. The highest BCUT2D eigenvalue weighted by molar-refractivity contribution is 8.00. The lowest BCUT2D eigenvalue weighted by Gasteiger charge is -2.12. The molecule has 1 aliphatic carbocycles. The van der Waals surface area contributed by atoms with Crippen LogP contribution in [0.15, 0.2) is 5.16 Å². The van der Waals surface area contributed by atoms with Gasteiger partial charge in [0.2, 0.25) is 5.91 Å². The third-order valence-electron chi connectivity index (χ3n) is 4.22. The first kappa shape index (κ1) is 16.0. The zero-order chi connectivity index (χ0) is 16.7. The van der Waals surface area contributed by atoms with Crippen LogP contribution in [-0.2, 0) is 18.9 Å². The van der Waals surface area contributed by atoms with Crippen molar-refractivity contribution in [2.24, 2.45) is 14.1 Å². The minimum absolute atomic E-state index is 0.0508. The van der Waals surface area contributed by atoms with E-state index in [2.05, 4.69) is 20.6 Å². The highest BCUT2D eigenvalue weighted by atomic mass is 32.2. The Morgan fingerprint density at radius 3 is 2.57 bits per heavy atom. The molecule has 1 aliphatic rings. The zero-order valence-electron chi connectivity index (χ0n) is 14.1. The van der Waals surface area contributed by atoms with Crippen molar-refractivity contribution in [2.75, 3.05) is 5.32 Å². The molecule has 124 valence electrons. The van der Waals surface area contributed by atoms with Crippen molar-refractivity contribution in [3.63, 3.8) is 0 Å². The summed E-state index contributed by atoms with van der Waals surface area (Å²) in [4.78, 5) is 12.5. The van der Waals surface area contributed by atoms with Gasteiger partial charge in [-0.25, -0.2) is 0 Å². The number of rotatable bonds is 5. The predicted octanol–water partition coefficient (Wildman–Crippen LogP) is 2.16. The fourth-order valence-electron chi connectivity index (χ4n) is 2.52. The molecule has 1 saturated carbocycles. The van der Waals surface area contributed by atoms with E-state index >= 15 is 0 Å². The Bertz CT molecular complexity index is 745. The molecule has 1 amide bonds.